The van der Waals surface area contributed by atoms with Crippen molar-refractivity contribution in [1.29, 1.82) is 0 Å². The van der Waals surface area contributed by atoms with Crippen molar-refractivity contribution in [3.8, 4) is 0 Å². The van der Waals surface area contributed by atoms with Crippen molar-refractivity contribution in [2.75, 3.05) is 13.1 Å². The number of amides is 3. The molecule has 3 rings (SSSR count). The van der Waals surface area contributed by atoms with Gasteiger partial charge in [-0.05, 0) is 49.8 Å². The van der Waals surface area contributed by atoms with E-state index in [1.807, 2.05) is 24.3 Å². The highest BCUT2D eigenvalue weighted by atomic mass is 16.4. The molecule has 40 heavy (non-hydrogen) atoms. The molecule has 0 saturated carbocycles. The normalized spacial score (nSPS) is 17.1. The molecule has 1 aromatic heterocycles. The van der Waals surface area contributed by atoms with E-state index in [0.717, 1.165) is 29.4 Å². The molecule has 218 valence electrons. The molecule has 0 bridgehead atoms. The number of para-hydroxylation sites is 1. The molecule has 2 heterocycles. The van der Waals surface area contributed by atoms with E-state index >= 15 is 0 Å². The number of hydrogen-bond donors (Lipinski definition) is 8. The van der Waals surface area contributed by atoms with Crippen LogP contribution >= 0.6 is 0 Å². The van der Waals surface area contributed by atoms with E-state index in [-0.39, 0.29) is 37.2 Å². The number of H-pyrrole nitrogens is 1. The molecule has 2 aromatic rings. The van der Waals surface area contributed by atoms with Crippen LogP contribution in [0, 0.1) is 5.92 Å². The van der Waals surface area contributed by atoms with Gasteiger partial charge < -0.3 is 42.8 Å². The van der Waals surface area contributed by atoms with Crippen molar-refractivity contribution in [2.45, 2.75) is 70.1 Å². The van der Waals surface area contributed by atoms with Crippen LogP contribution in [-0.2, 0) is 25.6 Å². The van der Waals surface area contributed by atoms with Crippen molar-refractivity contribution in [2.24, 2.45) is 22.4 Å². The first-order valence-electron chi connectivity index (χ1n) is 13.5. The molecule has 10 N–H and O–H groups in total. The Balaban J connectivity index is 1.74. The molecule has 0 aliphatic carbocycles. The van der Waals surface area contributed by atoms with Crippen LogP contribution in [0.2, 0.25) is 0 Å². The Kier molecular flexibility index (Phi) is 10.9. The number of carboxylic acid groups (broad SMARTS) is 1. The third-order valence-electron chi connectivity index (χ3n) is 6.92. The van der Waals surface area contributed by atoms with Gasteiger partial charge in [-0.3, -0.25) is 19.4 Å². The maximum Gasteiger partial charge on any atom is 0.326 e. The van der Waals surface area contributed by atoms with Gasteiger partial charge in [-0.2, -0.15) is 0 Å². The summed E-state index contributed by atoms with van der Waals surface area (Å²) < 4.78 is 0. The summed E-state index contributed by atoms with van der Waals surface area (Å²) in [5.41, 5.74) is 12.3. The molecule has 1 saturated heterocycles. The summed E-state index contributed by atoms with van der Waals surface area (Å²) in [5.74, 6) is -3.12. The summed E-state index contributed by atoms with van der Waals surface area (Å²) in [7, 11) is 0. The van der Waals surface area contributed by atoms with E-state index in [1.165, 1.54) is 0 Å². The molecule has 0 radical (unpaired) electrons. The van der Waals surface area contributed by atoms with Crippen LogP contribution in [0.15, 0.2) is 35.5 Å². The van der Waals surface area contributed by atoms with Gasteiger partial charge in [0.1, 0.15) is 18.1 Å². The molecular formula is C27H40N8O5. The third kappa shape index (κ3) is 8.43. The molecule has 1 fully saturated rings. The fraction of sp³-hybridized carbons (Fsp3) is 0.519. The highest BCUT2D eigenvalue weighted by Crippen LogP contribution is 2.20. The standard InChI is InChI=1S/C27H40N8O5/c1-15(2)22(25(38)33-20(26(39)40)10-6-12-31-27(28)29)35-24(37)21(34-23(36)19-9-5-11-30-19)13-16-14-32-18-8-4-3-7-17(16)18/h3-4,7-8,14-15,19-22,30,32H,5-6,9-13H2,1-2H3,(H,33,38)(H,34,36)(H,35,37)(H,39,40)(H4,28,29,31). The Morgan fingerprint density at radius 1 is 1.07 bits per heavy atom. The van der Waals surface area contributed by atoms with E-state index in [0.29, 0.717) is 12.8 Å². The number of benzene rings is 1. The SMILES string of the molecule is CC(C)C(NC(=O)C(Cc1c[nH]c2ccccc12)NC(=O)C1CCCN1)C(=O)NC(CCCN=C(N)N)C(=O)O. The van der Waals surface area contributed by atoms with Crippen LogP contribution < -0.4 is 32.7 Å². The Morgan fingerprint density at radius 2 is 1.82 bits per heavy atom. The first-order valence-corrected chi connectivity index (χ1v) is 13.5. The molecule has 1 aliphatic heterocycles. The number of aliphatic imine (C=N–C) groups is 1. The van der Waals surface area contributed by atoms with E-state index in [1.54, 1.807) is 20.0 Å². The lowest BCUT2D eigenvalue weighted by Crippen LogP contribution is -2.58. The predicted octanol–water partition coefficient (Wildman–Crippen LogP) is -0.289. The van der Waals surface area contributed by atoms with E-state index in [9.17, 15) is 24.3 Å². The van der Waals surface area contributed by atoms with E-state index < -0.39 is 42.0 Å². The van der Waals surface area contributed by atoms with Crippen LogP contribution in [0.4, 0.5) is 0 Å². The minimum absolute atomic E-state index is 0.100. The van der Waals surface area contributed by atoms with Gasteiger partial charge in [0, 0.05) is 30.1 Å². The number of carbonyl (C=O) groups excluding carboxylic acids is 3. The molecule has 13 nitrogen and oxygen atoms in total. The number of guanidine groups is 1. The summed E-state index contributed by atoms with van der Waals surface area (Å²) in [6.07, 6.45) is 3.97. The molecule has 0 spiro atoms. The van der Waals surface area contributed by atoms with Gasteiger partial charge in [0.05, 0.1) is 6.04 Å². The van der Waals surface area contributed by atoms with Gasteiger partial charge >= 0.3 is 5.97 Å². The maximum absolute atomic E-state index is 13.6. The van der Waals surface area contributed by atoms with Gasteiger partial charge in [0.15, 0.2) is 5.96 Å². The Hall–Kier alpha value is -4.13. The van der Waals surface area contributed by atoms with E-state index in [4.69, 9.17) is 11.5 Å². The fourth-order valence-electron chi connectivity index (χ4n) is 4.72. The van der Waals surface area contributed by atoms with Crippen LogP contribution in [0.25, 0.3) is 10.9 Å². The highest BCUT2D eigenvalue weighted by Gasteiger charge is 2.33. The number of rotatable bonds is 14. The van der Waals surface area contributed by atoms with Crippen LogP contribution in [0.3, 0.4) is 0 Å². The van der Waals surface area contributed by atoms with Gasteiger partial charge in [-0.15, -0.1) is 0 Å². The zero-order valence-electron chi connectivity index (χ0n) is 22.9. The molecule has 3 amide bonds. The Bertz CT molecular complexity index is 1220. The lowest BCUT2D eigenvalue weighted by atomic mass is 9.99. The second-order valence-electron chi connectivity index (χ2n) is 10.4. The largest absolute Gasteiger partial charge is 0.480 e. The number of hydrogen-bond acceptors (Lipinski definition) is 6. The summed E-state index contributed by atoms with van der Waals surface area (Å²) in [4.78, 5) is 58.5. The molecule has 4 atom stereocenters. The predicted molar refractivity (Wildman–Crippen MR) is 151 cm³/mol. The number of aliphatic carboxylic acids is 1. The number of nitrogens with zero attached hydrogens (tertiary/aromatic N) is 1. The third-order valence-corrected chi connectivity index (χ3v) is 6.92. The number of nitrogens with two attached hydrogens (primary N) is 2. The minimum atomic E-state index is -1.21. The Morgan fingerprint density at radius 3 is 2.48 bits per heavy atom. The first-order chi connectivity index (χ1) is 19.1. The lowest BCUT2D eigenvalue weighted by Gasteiger charge is -2.27. The average Bonchev–Trinajstić information content (AvgIpc) is 3.59. The average molecular weight is 557 g/mol. The molecule has 1 aromatic carbocycles. The Labute approximate surface area is 232 Å². The number of aromatic amines is 1. The van der Waals surface area contributed by atoms with Crippen molar-refractivity contribution in [3.05, 3.63) is 36.0 Å². The quantitative estimate of drug-likeness (QED) is 0.0876. The molecule has 13 heteroatoms. The van der Waals surface area contributed by atoms with Crippen molar-refractivity contribution in [3.63, 3.8) is 0 Å². The number of carboxylic acids is 1. The summed E-state index contributed by atoms with van der Waals surface area (Å²) in [6, 6.07) is 4.08. The lowest BCUT2D eigenvalue weighted by molar-refractivity contribution is -0.142. The van der Waals surface area contributed by atoms with Crippen LogP contribution in [-0.4, -0.2) is 77.0 Å². The minimum Gasteiger partial charge on any atom is -0.480 e. The first kappa shape index (κ1) is 30.4. The summed E-state index contributed by atoms with van der Waals surface area (Å²) in [5, 5.41) is 21.8. The number of fused-ring (bicyclic) bond motifs is 1. The molecule has 1 aliphatic rings. The van der Waals surface area contributed by atoms with Gasteiger partial charge in [0.25, 0.3) is 0 Å². The molecule has 4 unspecified atom stereocenters. The smallest absolute Gasteiger partial charge is 0.326 e. The van der Waals surface area contributed by atoms with Gasteiger partial charge in [-0.25, -0.2) is 4.79 Å². The van der Waals surface area contributed by atoms with Crippen molar-refractivity contribution in [1.82, 2.24) is 26.3 Å². The topological polar surface area (TPSA) is 217 Å². The van der Waals surface area contributed by atoms with E-state index in [2.05, 4.69) is 31.2 Å². The zero-order chi connectivity index (χ0) is 29.2. The number of aromatic nitrogens is 1. The summed E-state index contributed by atoms with van der Waals surface area (Å²) >= 11 is 0. The zero-order valence-corrected chi connectivity index (χ0v) is 22.9. The summed E-state index contributed by atoms with van der Waals surface area (Å²) in [6.45, 7) is 4.44. The highest BCUT2D eigenvalue weighted by molar-refractivity contribution is 5.95. The second kappa shape index (κ2) is 14.3. The van der Waals surface area contributed by atoms with Crippen LogP contribution in [0.5, 0.6) is 0 Å². The van der Waals surface area contributed by atoms with Gasteiger partial charge in [0.2, 0.25) is 17.7 Å². The number of carbonyl (C=O) groups is 4. The molecular weight excluding hydrogens is 516 g/mol. The maximum atomic E-state index is 13.6. The number of nitrogens with one attached hydrogen (secondary N) is 5. The van der Waals surface area contributed by atoms with Gasteiger partial charge in [-0.1, -0.05) is 32.0 Å². The second-order valence-corrected chi connectivity index (χ2v) is 10.4. The van der Waals surface area contributed by atoms with Crippen molar-refractivity contribution >= 4 is 40.6 Å². The monoisotopic (exact) mass is 556 g/mol. The fourth-order valence-corrected chi connectivity index (χ4v) is 4.72. The van der Waals surface area contributed by atoms with Crippen molar-refractivity contribution < 1.29 is 24.3 Å². The van der Waals surface area contributed by atoms with Crippen LogP contribution in [0.1, 0.15) is 45.1 Å².